The second-order valence-corrected chi connectivity index (χ2v) is 3.91. The molecule has 0 aromatic rings. The molecule has 0 heterocycles. The fourth-order valence-electron chi connectivity index (χ4n) is 1.76. The van der Waals surface area contributed by atoms with Crippen molar-refractivity contribution in [2.24, 2.45) is 17.3 Å². The predicted octanol–water partition coefficient (Wildman–Crippen LogP) is 2.14. The number of carboxylic acid groups (broad SMARTS) is 1. The second-order valence-electron chi connectivity index (χ2n) is 3.91. The zero-order valence-electron chi connectivity index (χ0n) is 7.42. The summed E-state index contributed by atoms with van der Waals surface area (Å²) in [7, 11) is 0. The molecular formula is C9H16O2. The van der Waals surface area contributed by atoms with E-state index in [0.29, 0.717) is 5.92 Å². The second kappa shape index (κ2) is 2.50. The number of aliphatic carboxylic acids is 1. The maximum Gasteiger partial charge on any atom is 0.307 e. The van der Waals surface area contributed by atoms with E-state index in [-0.39, 0.29) is 11.3 Å². The van der Waals surface area contributed by atoms with Gasteiger partial charge in [-0.05, 0) is 17.8 Å². The van der Waals surface area contributed by atoms with Gasteiger partial charge in [-0.15, -0.1) is 0 Å². The summed E-state index contributed by atoms with van der Waals surface area (Å²) in [5, 5.41) is 8.73. The van der Waals surface area contributed by atoms with Gasteiger partial charge in [0.15, 0.2) is 0 Å². The average molecular weight is 156 g/mol. The van der Waals surface area contributed by atoms with E-state index in [4.69, 9.17) is 5.11 Å². The van der Waals surface area contributed by atoms with Crippen molar-refractivity contribution in [3.05, 3.63) is 0 Å². The Morgan fingerprint density at radius 2 is 2.36 bits per heavy atom. The van der Waals surface area contributed by atoms with Crippen molar-refractivity contribution < 1.29 is 9.90 Å². The van der Waals surface area contributed by atoms with Gasteiger partial charge in [-0.2, -0.15) is 0 Å². The maximum atomic E-state index is 10.6. The molecule has 0 amide bonds. The lowest BCUT2D eigenvalue weighted by atomic mass is 9.88. The fraction of sp³-hybridized carbons (Fsp3) is 0.889. The molecule has 0 aromatic carbocycles. The Kier molecular flexibility index (Phi) is 1.95. The van der Waals surface area contributed by atoms with Gasteiger partial charge in [0.25, 0.3) is 0 Å². The minimum Gasteiger partial charge on any atom is -0.481 e. The third-order valence-corrected chi connectivity index (χ3v) is 3.32. The number of carbonyl (C=O) groups is 1. The monoisotopic (exact) mass is 156 g/mol. The van der Waals surface area contributed by atoms with E-state index in [9.17, 15) is 4.79 Å². The largest absolute Gasteiger partial charge is 0.481 e. The molecule has 1 rings (SSSR count). The summed E-state index contributed by atoms with van der Waals surface area (Å²) in [5.74, 6) is -0.145. The van der Waals surface area contributed by atoms with Gasteiger partial charge in [0.1, 0.15) is 0 Å². The van der Waals surface area contributed by atoms with Gasteiger partial charge in [0.05, 0.1) is 5.92 Å². The first-order valence-electron chi connectivity index (χ1n) is 4.25. The van der Waals surface area contributed by atoms with Crippen LogP contribution in [0.3, 0.4) is 0 Å². The molecule has 0 radical (unpaired) electrons. The van der Waals surface area contributed by atoms with Crippen LogP contribution < -0.4 is 0 Å². The van der Waals surface area contributed by atoms with Crippen LogP contribution in [0.2, 0.25) is 0 Å². The van der Waals surface area contributed by atoms with Crippen LogP contribution in [0, 0.1) is 17.3 Å². The molecule has 1 N–H and O–H groups in total. The summed E-state index contributed by atoms with van der Waals surface area (Å²) in [5.41, 5.74) is 0.0978. The summed E-state index contributed by atoms with van der Waals surface area (Å²) in [4.78, 5) is 10.6. The summed E-state index contributed by atoms with van der Waals surface area (Å²) in [6.07, 6.45) is 1.96. The highest BCUT2D eigenvalue weighted by molar-refractivity contribution is 5.74. The zero-order chi connectivity index (χ0) is 8.65. The number of hydrogen-bond donors (Lipinski definition) is 1. The Morgan fingerprint density at radius 3 is 2.64 bits per heavy atom. The molecule has 64 valence electrons. The Balaban J connectivity index is 2.55. The zero-order valence-corrected chi connectivity index (χ0v) is 7.42. The molecule has 2 heteroatoms. The quantitative estimate of drug-likeness (QED) is 0.679. The van der Waals surface area contributed by atoms with E-state index in [0.717, 1.165) is 12.8 Å². The number of hydrogen-bond acceptors (Lipinski definition) is 1. The fourth-order valence-corrected chi connectivity index (χ4v) is 1.76. The lowest BCUT2D eigenvalue weighted by Gasteiger charge is -2.16. The minimum atomic E-state index is -0.618. The number of carboxylic acids is 1. The lowest BCUT2D eigenvalue weighted by Crippen LogP contribution is -2.14. The van der Waals surface area contributed by atoms with Crippen molar-refractivity contribution in [2.75, 3.05) is 0 Å². The molecule has 1 aliphatic carbocycles. The molecule has 11 heavy (non-hydrogen) atoms. The van der Waals surface area contributed by atoms with Crippen LogP contribution in [-0.2, 0) is 4.79 Å². The van der Waals surface area contributed by atoms with Gasteiger partial charge in [0.2, 0.25) is 0 Å². The Labute approximate surface area is 67.6 Å². The third-order valence-electron chi connectivity index (χ3n) is 3.32. The van der Waals surface area contributed by atoms with Gasteiger partial charge < -0.3 is 5.11 Å². The summed E-state index contributed by atoms with van der Waals surface area (Å²) in [6, 6.07) is 0. The first kappa shape index (κ1) is 8.57. The molecule has 0 spiro atoms. The van der Waals surface area contributed by atoms with Gasteiger partial charge in [-0.1, -0.05) is 27.2 Å². The highest BCUT2D eigenvalue weighted by Gasteiger charge is 2.57. The minimum absolute atomic E-state index is 0.0718. The highest BCUT2D eigenvalue weighted by Crippen LogP contribution is 2.58. The van der Waals surface area contributed by atoms with Crippen molar-refractivity contribution in [1.29, 1.82) is 0 Å². The lowest BCUT2D eigenvalue weighted by molar-refractivity contribution is -0.139. The first-order valence-corrected chi connectivity index (χ1v) is 4.25. The Morgan fingerprint density at radius 1 is 1.82 bits per heavy atom. The van der Waals surface area contributed by atoms with Gasteiger partial charge in [-0.3, -0.25) is 4.79 Å². The summed E-state index contributed by atoms with van der Waals surface area (Å²) in [6.45, 7) is 6.34. The Hall–Kier alpha value is -0.530. The van der Waals surface area contributed by atoms with Crippen molar-refractivity contribution in [3.63, 3.8) is 0 Å². The molecule has 0 saturated heterocycles. The van der Waals surface area contributed by atoms with E-state index in [2.05, 4.69) is 20.8 Å². The van der Waals surface area contributed by atoms with E-state index < -0.39 is 5.97 Å². The predicted molar refractivity (Wildman–Crippen MR) is 43.3 cm³/mol. The SMILES string of the molecule is CCC(C)C1(C)CC1C(=O)O. The normalized spacial score (nSPS) is 38.3. The summed E-state index contributed by atoms with van der Waals surface area (Å²) >= 11 is 0. The molecule has 0 aliphatic heterocycles. The smallest absolute Gasteiger partial charge is 0.307 e. The third kappa shape index (κ3) is 1.26. The molecule has 2 nitrogen and oxygen atoms in total. The molecule has 3 atom stereocenters. The molecule has 3 unspecified atom stereocenters. The molecule has 0 bridgehead atoms. The highest BCUT2D eigenvalue weighted by atomic mass is 16.4. The van der Waals surface area contributed by atoms with Gasteiger partial charge >= 0.3 is 5.97 Å². The average Bonchev–Trinajstić information content (AvgIpc) is 2.62. The van der Waals surface area contributed by atoms with Crippen LogP contribution in [0.1, 0.15) is 33.6 Å². The van der Waals surface area contributed by atoms with Crippen LogP contribution in [-0.4, -0.2) is 11.1 Å². The van der Waals surface area contributed by atoms with Gasteiger partial charge in [-0.25, -0.2) is 0 Å². The first-order chi connectivity index (χ1) is 5.02. The topological polar surface area (TPSA) is 37.3 Å². The molecule has 1 aliphatic rings. The van der Waals surface area contributed by atoms with Crippen molar-refractivity contribution in [3.8, 4) is 0 Å². The van der Waals surface area contributed by atoms with Crippen LogP contribution in [0.15, 0.2) is 0 Å². The number of rotatable bonds is 3. The van der Waals surface area contributed by atoms with Crippen molar-refractivity contribution in [2.45, 2.75) is 33.6 Å². The van der Waals surface area contributed by atoms with E-state index in [1.54, 1.807) is 0 Å². The van der Waals surface area contributed by atoms with E-state index >= 15 is 0 Å². The van der Waals surface area contributed by atoms with Crippen LogP contribution in [0.5, 0.6) is 0 Å². The van der Waals surface area contributed by atoms with Crippen molar-refractivity contribution >= 4 is 5.97 Å². The summed E-state index contributed by atoms with van der Waals surface area (Å²) < 4.78 is 0. The van der Waals surface area contributed by atoms with Crippen LogP contribution in [0.25, 0.3) is 0 Å². The molecule has 1 fully saturated rings. The maximum absolute atomic E-state index is 10.6. The standard InChI is InChI=1S/C9H16O2/c1-4-6(2)9(3)5-7(9)8(10)11/h6-7H,4-5H2,1-3H3,(H,10,11). The van der Waals surface area contributed by atoms with E-state index in [1.165, 1.54) is 0 Å². The molecule has 0 aromatic heterocycles. The molecule has 1 saturated carbocycles. The Bertz CT molecular complexity index is 176. The van der Waals surface area contributed by atoms with Gasteiger partial charge in [0, 0.05) is 0 Å². The van der Waals surface area contributed by atoms with E-state index in [1.807, 2.05) is 0 Å². The van der Waals surface area contributed by atoms with Crippen LogP contribution >= 0.6 is 0 Å². The van der Waals surface area contributed by atoms with Crippen molar-refractivity contribution in [1.82, 2.24) is 0 Å². The van der Waals surface area contributed by atoms with Crippen LogP contribution in [0.4, 0.5) is 0 Å². The molecular weight excluding hydrogens is 140 g/mol.